The summed E-state index contributed by atoms with van der Waals surface area (Å²) in [7, 11) is 3.39. The molecule has 0 aliphatic heterocycles. The lowest BCUT2D eigenvalue weighted by atomic mass is 10.2. The maximum absolute atomic E-state index is 11.0. The lowest BCUT2D eigenvalue weighted by molar-refractivity contribution is -0.121. The molecule has 0 heterocycles. The molecule has 0 radical (unpaired) electrons. The molecule has 0 atom stereocenters. The van der Waals surface area contributed by atoms with Crippen LogP contribution in [0, 0.1) is 0 Å². The second-order valence-corrected chi connectivity index (χ2v) is 3.85. The molecular formula is C11H25N3O3. The van der Waals surface area contributed by atoms with Gasteiger partial charge in [0.1, 0.15) is 0 Å². The van der Waals surface area contributed by atoms with Crippen LogP contribution in [0.15, 0.2) is 0 Å². The van der Waals surface area contributed by atoms with Crippen molar-refractivity contribution in [3.63, 3.8) is 0 Å². The van der Waals surface area contributed by atoms with E-state index in [9.17, 15) is 4.79 Å². The highest BCUT2D eigenvalue weighted by atomic mass is 16.5. The number of ether oxygens (including phenoxy) is 2. The number of rotatable bonds is 11. The zero-order valence-corrected chi connectivity index (χ0v) is 10.9. The summed E-state index contributed by atoms with van der Waals surface area (Å²) in [6, 6.07) is 0. The van der Waals surface area contributed by atoms with Gasteiger partial charge < -0.3 is 14.4 Å². The summed E-state index contributed by atoms with van der Waals surface area (Å²) in [5.74, 6) is 4.90. The Bertz CT molecular complexity index is 191. The van der Waals surface area contributed by atoms with Crippen molar-refractivity contribution < 1.29 is 14.3 Å². The highest BCUT2D eigenvalue weighted by molar-refractivity contribution is 5.75. The topological polar surface area (TPSA) is 76.8 Å². The van der Waals surface area contributed by atoms with Gasteiger partial charge in [-0.1, -0.05) is 0 Å². The Balaban J connectivity index is 3.71. The number of amides is 1. The number of hydrogen-bond donors (Lipinski definition) is 2. The van der Waals surface area contributed by atoms with Gasteiger partial charge in [-0.3, -0.25) is 10.2 Å². The summed E-state index contributed by atoms with van der Waals surface area (Å²) in [4.78, 5) is 13.2. The summed E-state index contributed by atoms with van der Waals surface area (Å²) in [6.07, 6.45) is 2.26. The third kappa shape index (κ3) is 10.2. The Morgan fingerprint density at radius 2 is 1.76 bits per heavy atom. The van der Waals surface area contributed by atoms with Crippen molar-refractivity contribution in [2.45, 2.75) is 19.3 Å². The summed E-state index contributed by atoms with van der Waals surface area (Å²) < 4.78 is 10.1. The van der Waals surface area contributed by atoms with Crippen LogP contribution in [0.2, 0.25) is 0 Å². The third-order valence-electron chi connectivity index (χ3n) is 2.47. The van der Waals surface area contributed by atoms with E-state index >= 15 is 0 Å². The summed E-state index contributed by atoms with van der Waals surface area (Å²) in [5, 5.41) is 0. The normalized spacial score (nSPS) is 10.8. The van der Waals surface area contributed by atoms with Gasteiger partial charge in [0.15, 0.2) is 0 Å². The molecule has 0 unspecified atom stereocenters. The maximum atomic E-state index is 11.0. The number of carbonyl (C=O) groups is 1. The summed E-state index contributed by atoms with van der Waals surface area (Å²) in [6.45, 7) is 4.18. The minimum absolute atomic E-state index is 0.117. The summed E-state index contributed by atoms with van der Waals surface area (Å²) in [5.41, 5.74) is 2.13. The zero-order valence-electron chi connectivity index (χ0n) is 10.9. The molecular weight excluding hydrogens is 222 g/mol. The van der Waals surface area contributed by atoms with Crippen molar-refractivity contribution in [2.24, 2.45) is 5.84 Å². The molecule has 102 valence electrons. The average molecular weight is 247 g/mol. The third-order valence-corrected chi connectivity index (χ3v) is 2.47. The van der Waals surface area contributed by atoms with Crippen molar-refractivity contribution in [1.29, 1.82) is 0 Å². The van der Waals surface area contributed by atoms with E-state index in [-0.39, 0.29) is 5.91 Å². The fourth-order valence-corrected chi connectivity index (χ4v) is 1.52. The molecule has 1 amide bonds. The molecule has 0 rings (SSSR count). The monoisotopic (exact) mass is 247 g/mol. The lowest BCUT2D eigenvalue weighted by Crippen LogP contribution is -2.33. The fraction of sp³-hybridized carbons (Fsp3) is 0.909. The number of nitrogens with two attached hydrogens (primary N) is 1. The highest BCUT2D eigenvalue weighted by Crippen LogP contribution is 1.98. The van der Waals surface area contributed by atoms with Crippen molar-refractivity contribution in [3.05, 3.63) is 0 Å². The smallest absolute Gasteiger partial charge is 0.233 e. The number of methoxy groups -OCH3 is 2. The molecule has 0 saturated heterocycles. The Hall–Kier alpha value is -0.690. The largest absolute Gasteiger partial charge is 0.385 e. The maximum Gasteiger partial charge on any atom is 0.233 e. The van der Waals surface area contributed by atoms with Gasteiger partial charge in [0, 0.05) is 40.3 Å². The van der Waals surface area contributed by atoms with Gasteiger partial charge >= 0.3 is 0 Å². The minimum atomic E-state index is -0.117. The molecule has 0 aliphatic carbocycles. The number of nitrogens with one attached hydrogen (secondary N) is 1. The molecule has 0 aliphatic rings. The van der Waals surface area contributed by atoms with E-state index < -0.39 is 0 Å². The molecule has 0 bridgehead atoms. The van der Waals surface area contributed by atoms with Crippen LogP contribution in [0.5, 0.6) is 0 Å². The number of hydrazine groups is 1. The van der Waals surface area contributed by atoms with E-state index in [4.69, 9.17) is 15.3 Å². The molecule has 0 spiro atoms. The fourth-order valence-electron chi connectivity index (χ4n) is 1.52. The quantitative estimate of drug-likeness (QED) is 0.228. The molecule has 17 heavy (non-hydrogen) atoms. The van der Waals surface area contributed by atoms with E-state index in [1.165, 1.54) is 0 Å². The van der Waals surface area contributed by atoms with Gasteiger partial charge in [0.25, 0.3) is 0 Å². The van der Waals surface area contributed by atoms with Crippen molar-refractivity contribution in [2.75, 3.05) is 47.1 Å². The average Bonchev–Trinajstić information content (AvgIpc) is 2.35. The predicted molar refractivity (Wildman–Crippen MR) is 66.4 cm³/mol. The molecule has 6 heteroatoms. The zero-order chi connectivity index (χ0) is 12.9. The van der Waals surface area contributed by atoms with E-state index in [0.717, 1.165) is 39.1 Å². The van der Waals surface area contributed by atoms with Crippen molar-refractivity contribution in [3.8, 4) is 0 Å². The van der Waals surface area contributed by atoms with Gasteiger partial charge in [-0.25, -0.2) is 5.84 Å². The number of carbonyl (C=O) groups excluding carboxylic acids is 1. The standard InChI is InChI=1S/C11H25N3O3/c1-16-9-4-7-14(8-10-17-2)6-3-5-11(15)13-12/h3-10,12H2,1-2H3,(H,13,15). The van der Waals surface area contributed by atoms with Gasteiger partial charge in [0.05, 0.1) is 6.61 Å². The molecule has 0 aromatic carbocycles. The lowest BCUT2D eigenvalue weighted by Gasteiger charge is -2.21. The second kappa shape index (κ2) is 11.8. The molecule has 3 N–H and O–H groups in total. The molecule has 0 aromatic heterocycles. The first-order valence-electron chi connectivity index (χ1n) is 5.94. The molecule has 0 aromatic rings. The Morgan fingerprint density at radius 3 is 2.35 bits per heavy atom. The van der Waals surface area contributed by atoms with Gasteiger partial charge in [0.2, 0.25) is 5.91 Å². The first-order chi connectivity index (χ1) is 8.24. The van der Waals surface area contributed by atoms with E-state index in [2.05, 4.69) is 10.3 Å². The Kier molecular flexibility index (Phi) is 11.3. The second-order valence-electron chi connectivity index (χ2n) is 3.85. The Labute approximate surface area is 103 Å². The van der Waals surface area contributed by atoms with E-state index in [1.54, 1.807) is 14.2 Å². The van der Waals surface area contributed by atoms with Crippen LogP contribution in [-0.2, 0) is 14.3 Å². The van der Waals surface area contributed by atoms with Crippen LogP contribution in [0.1, 0.15) is 19.3 Å². The van der Waals surface area contributed by atoms with Crippen LogP contribution in [0.3, 0.4) is 0 Å². The molecule has 0 fully saturated rings. The minimum Gasteiger partial charge on any atom is -0.385 e. The predicted octanol–water partition coefficient (Wildman–Crippen LogP) is -0.259. The first-order valence-corrected chi connectivity index (χ1v) is 5.94. The molecule has 0 saturated carbocycles. The van der Waals surface area contributed by atoms with Crippen LogP contribution in [0.25, 0.3) is 0 Å². The first kappa shape index (κ1) is 16.3. The van der Waals surface area contributed by atoms with Crippen LogP contribution < -0.4 is 11.3 Å². The van der Waals surface area contributed by atoms with Gasteiger partial charge in [-0.15, -0.1) is 0 Å². The Morgan fingerprint density at radius 1 is 1.12 bits per heavy atom. The van der Waals surface area contributed by atoms with Crippen LogP contribution in [0.4, 0.5) is 0 Å². The highest BCUT2D eigenvalue weighted by Gasteiger charge is 2.06. The van der Waals surface area contributed by atoms with E-state index in [1.807, 2.05) is 0 Å². The van der Waals surface area contributed by atoms with Gasteiger partial charge in [-0.05, 0) is 19.4 Å². The SMILES string of the molecule is COCCCN(CCCC(=O)NN)CCOC. The number of nitrogens with zero attached hydrogens (tertiary/aromatic N) is 1. The van der Waals surface area contributed by atoms with Crippen molar-refractivity contribution >= 4 is 5.91 Å². The molecule has 6 nitrogen and oxygen atoms in total. The van der Waals surface area contributed by atoms with Crippen LogP contribution >= 0.6 is 0 Å². The van der Waals surface area contributed by atoms with Crippen molar-refractivity contribution in [1.82, 2.24) is 10.3 Å². The summed E-state index contributed by atoms with van der Waals surface area (Å²) >= 11 is 0. The number of hydrogen-bond acceptors (Lipinski definition) is 5. The van der Waals surface area contributed by atoms with E-state index in [0.29, 0.717) is 13.0 Å². The van der Waals surface area contributed by atoms with Gasteiger partial charge in [-0.2, -0.15) is 0 Å². The van der Waals surface area contributed by atoms with Crippen LogP contribution in [-0.4, -0.2) is 57.9 Å².